The van der Waals surface area contributed by atoms with E-state index in [1.165, 1.54) is 0 Å². The maximum Gasteiger partial charge on any atom is 0.140 e. The van der Waals surface area contributed by atoms with Gasteiger partial charge in [-0.25, -0.2) is 0 Å². The van der Waals surface area contributed by atoms with Gasteiger partial charge in [-0.15, -0.1) is 0 Å². The van der Waals surface area contributed by atoms with Crippen LogP contribution in [0.1, 0.15) is 0 Å². The topological polar surface area (TPSA) is 40.5 Å². The first-order chi connectivity index (χ1) is 2.64. The van der Waals surface area contributed by atoms with Crippen molar-refractivity contribution in [1.29, 1.82) is 0 Å². The zero-order valence-electron chi connectivity index (χ0n) is 2.81. The molecular formula is C2H4I2O2. The number of rotatable bonds is 1. The van der Waals surface area contributed by atoms with E-state index < -0.39 is 8.22 Å². The average Bonchev–Trinajstić information content (AvgIpc) is 1.36. The average molecular weight is 314 g/mol. The molecule has 0 aliphatic carbocycles. The first kappa shape index (κ1) is 7.38. The van der Waals surface area contributed by atoms with Gasteiger partial charge in [-0.3, -0.25) is 0 Å². The Kier molecular flexibility index (Phi) is 4.17. The van der Waals surface area contributed by atoms with Crippen LogP contribution in [0.4, 0.5) is 0 Å². The summed E-state index contributed by atoms with van der Waals surface area (Å²) < 4.78 is -1.27. The molecule has 0 amide bonds. The first-order valence-electron chi connectivity index (χ1n) is 1.29. The highest BCUT2D eigenvalue weighted by atomic mass is 127. The van der Waals surface area contributed by atoms with Crippen molar-refractivity contribution in [3.05, 3.63) is 0 Å². The van der Waals surface area contributed by atoms with Crippen molar-refractivity contribution in [2.24, 2.45) is 0 Å². The molecule has 0 rings (SSSR count). The van der Waals surface area contributed by atoms with Gasteiger partial charge in [0.05, 0.1) is 0 Å². The predicted molar refractivity (Wildman–Crippen MR) is 40.1 cm³/mol. The summed E-state index contributed by atoms with van der Waals surface area (Å²) in [7, 11) is 0. The molecule has 4 heteroatoms. The Balaban J connectivity index is 2.99. The van der Waals surface area contributed by atoms with Gasteiger partial charge in [0.1, 0.15) is 8.22 Å². The lowest BCUT2D eigenvalue weighted by molar-refractivity contribution is 0.158. The van der Waals surface area contributed by atoms with Crippen molar-refractivity contribution >= 4 is 45.2 Å². The summed E-state index contributed by atoms with van der Waals surface area (Å²) >= 11 is 3.46. The fraction of sp³-hybridized carbons (Fsp3) is 1.00. The highest BCUT2D eigenvalue weighted by Crippen LogP contribution is 2.07. The summed E-state index contributed by atoms with van der Waals surface area (Å²) in [6.45, 7) is 0. The molecule has 2 unspecified atom stereocenters. The molecule has 2 atom stereocenters. The number of hydrogen-bond acceptors (Lipinski definition) is 2. The van der Waals surface area contributed by atoms with Gasteiger partial charge in [-0.1, -0.05) is 0 Å². The molecule has 0 fully saturated rings. The highest BCUT2D eigenvalue weighted by Gasteiger charge is 2.04. The van der Waals surface area contributed by atoms with Crippen LogP contribution in [0.15, 0.2) is 0 Å². The van der Waals surface area contributed by atoms with E-state index in [4.69, 9.17) is 10.2 Å². The minimum absolute atomic E-state index is 0.636. The largest absolute Gasteiger partial charge is 0.379 e. The summed E-state index contributed by atoms with van der Waals surface area (Å²) in [4.78, 5) is 0. The fourth-order valence-electron chi connectivity index (χ4n) is 0. The third-order valence-electron chi connectivity index (χ3n) is 0.227. The molecule has 0 spiro atoms. The molecule has 0 aromatic carbocycles. The second kappa shape index (κ2) is 3.39. The molecule has 2 nitrogen and oxygen atoms in total. The molecule has 0 radical (unpaired) electrons. The molecule has 2 N–H and O–H groups in total. The third kappa shape index (κ3) is 3.57. The standard InChI is InChI=1S/C2H4I2O2/c3-1(5)2(4)6/h1-2,5-6H. The second-order valence-corrected chi connectivity index (χ2v) is 3.30. The maximum atomic E-state index is 8.36. The van der Waals surface area contributed by atoms with Crippen LogP contribution < -0.4 is 0 Å². The number of halogens is 2. The first-order valence-corrected chi connectivity index (χ1v) is 3.78. The van der Waals surface area contributed by atoms with Gasteiger partial charge in [0.25, 0.3) is 0 Å². The third-order valence-corrected chi connectivity index (χ3v) is 2.97. The van der Waals surface area contributed by atoms with E-state index in [0.717, 1.165) is 0 Å². The van der Waals surface area contributed by atoms with E-state index in [1.807, 2.05) is 0 Å². The van der Waals surface area contributed by atoms with Crippen molar-refractivity contribution in [3.63, 3.8) is 0 Å². The summed E-state index contributed by atoms with van der Waals surface area (Å²) in [6, 6.07) is 0. The van der Waals surface area contributed by atoms with Crippen LogP contribution in [-0.2, 0) is 0 Å². The Bertz CT molecular complexity index is 30.5. The van der Waals surface area contributed by atoms with Crippen LogP contribution >= 0.6 is 45.2 Å². The van der Waals surface area contributed by atoms with Crippen LogP contribution in [0.25, 0.3) is 0 Å². The van der Waals surface area contributed by atoms with E-state index in [2.05, 4.69) is 0 Å². The Hall–Kier alpha value is 1.38. The number of aliphatic hydroxyl groups is 2. The minimum Gasteiger partial charge on any atom is -0.379 e. The number of alkyl halides is 2. The monoisotopic (exact) mass is 314 g/mol. The molecule has 0 aliphatic heterocycles. The van der Waals surface area contributed by atoms with E-state index in [0.29, 0.717) is 0 Å². The molecule has 38 valence electrons. The lowest BCUT2D eigenvalue weighted by atomic mass is 10.8. The van der Waals surface area contributed by atoms with Crippen molar-refractivity contribution < 1.29 is 10.2 Å². The fourth-order valence-corrected chi connectivity index (χ4v) is 0. The Labute approximate surface area is 63.2 Å². The normalized spacial score (nSPS) is 20.0. The molecular weight excluding hydrogens is 310 g/mol. The summed E-state index contributed by atoms with van der Waals surface area (Å²) in [6.07, 6.45) is 0. The van der Waals surface area contributed by atoms with Crippen molar-refractivity contribution in [2.75, 3.05) is 0 Å². The van der Waals surface area contributed by atoms with Gasteiger partial charge < -0.3 is 10.2 Å². The van der Waals surface area contributed by atoms with Gasteiger partial charge in [0, 0.05) is 0 Å². The van der Waals surface area contributed by atoms with Gasteiger partial charge >= 0.3 is 0 Å². The van der Waals surface area contributed by atoms with E-state index in [-0.39, 0.29) is 0 Å². The van der Waals surface area contributed by atoms with Crippen LogP contribution in [-0.4, -0.2) is 18.4 Å². The van der Waals surface area contributed by atoms with Gasteiger partial charge in [0.15, 0.2) is 0 Å². The summed E-state index contributed by atoms with van der Waals surface area (Å²) in [5.41, 5.74) is 0. The zero-order valence-corrected chi connectivity index (χ0v) is 7.12. The van der Waals surface area contributed by atoms with Crippen LogP contribution in [0.3, 0.4) is 0 Å². The van der Waals surface area contributed by atoms with Crippen LogP contribution in [0.5, 0.6) is 0 Å². The second-order valence-electron chi connectivity index (χ2n) is 0.745. The van der Waals surface area contributed by atoms with Gasteiger partial charge in [-0.2, -0.15) is 0 Å². The molecule has 0 aromatic heterocycles. The molecule has 6 heavy (non-hydrogen) atoms. The summed E-state index contributed by atoms with van der Waals surface area (Å²) in [5.74, 6) is 0. The zero-order chi connectivity index (χ0) is 5.15. The number of hydrogen-bond donors (Lipinski definition) is 2. The smallest absolute Gasteiger partial charge is 0.140 e. The van der Waals surface area contributed by atoms with Crippen molar-refractivity contribution in [1.82, 2.24) is 0 Å². The lowest BCUT2D eigenvalue weighted by Crippen LogP contribution is -2.09. The maximum absolute atomic E-state index is 8.36. The van der Waals surface area contributed by atoms with Crippen LogP contribution in [0.2, 0.25) is 0 Å². The van der Waals surface area contributed by atoms with E-state index >= 15 is 0 Å². The molecule has 0 saturated heterocycles. The SMILES string of the molecule is OC(I)C(O)I. The predicted octanol–water partition coefficient (Wildman–Crippen LogP) is 0.493. The molecule has 0 heterocycles. The van der Waals surface area contributed by atoms with E-state index in [9.17, 15) is 0 Å². The quantitative estimate of drug-likeness (QED) is 0.546. The Morgan fingerprint density at radius 1 is 1.00 bits per heavy atom. The van der Waals surface area contributed by atoms with Crippen LogP contribution in [0, 0.1) is 0 Å². The van der Waals surface area contributed by atoms with Gasteiger partial charge in [-0.05, 0) is 45.2 Å². The molecule has 0 bridgehead atoms. The van der Waals surface area contributed by atoms with Crippen molar-refractivity contribution in [2.45, 2.75) is 8.22 Å². The Morgan fingerprint density at radius 3 is 1.17 bits per heavy atom. The highest BCUT2D eigenvalue weighted by molar-refractivity contribution is 14.1. The lowest BCUT2D eigenvalue weighted by Gasteiger charge is -1.99. The molecule has 0 aromatic rings. The summed E-state index contributed by atoms with van der Waals surface area (Å²) in [5, 5.41) is 16.7. The van der Waals surface area contributed by atoms with Gasteiger partial charge in [0.2, 0.25) is 0 Å². The minimum atomic E-state index is -0.636. The van der Waals surface area contributed by atoms with E-state index in [1.54, 1.807) is 45.2 Å². The Morgan fingerprint density at radius 2 is 1.17 bits per heavy atom. The van der Waals surface area contributed by atoms with Crippen molar-refractivity contribution in [3.8, 4) is 0 Å². The number of aliphatic hydroxyl groups excluding tert-OH is 2. The molecule has 0 aliphatic rings. The molecule has 0 saturated carbocycles.